The topological polar surface area (TPSA) is 32.3 Å². The second-order valence-corrected chi connectivity index (χ2v) is 4.24. The molecule has 0 aromatic carbocycles. The molecule has 0 spiro atoms. The Balaban J connectivity index is 3.33. The van der Waals surface area contributed by atoms with Gasteiger partial charge in [-0.15, -0.1) is 0 Å². The summed E-state index contributed by atoms with van der Waals surface area (Å²) in [5.74, 6) is 0.378. The highest BCUT2D eigenvalue weighted by Gasteiger charge is 2.08. The van der Waals surface area contributed by atoms with E-state index in [-0.39, 0.29) is 6.10 Å². The van der Waals surface area contributed by atoms with Crippen molar-refractivity contribution in [1.82, 2.24) is 5.32 Å². The van der Waals surface area contributed by atoms with Crippen LogP contribution in [0.5, 0.6) is 0 Å². The minimum atomic E-state index is -0.152. The quantitative estimate of drug-likeness (QED) is 0.640. The van der Waals surface area contributed by atoms with Gasteiger partial charge in [0.25, 0.3) is 0 Å². The maximum Gasteiger partial charge on any atom is 0.0575 e. The number of aliphatic hydroxyl groups excluding tert-OH is 1. The Bertz CT molecular complexity index is 115. The van der Waals surface area contributed by atoms with Crippen molar-refractivity contribution in [2.45, 2.75) is 59.1 Å². The van der Waals surface area contributed by atoms with Gasteiger partial charge in [0, 0.05) is 6.04 Å². The summed E-state index contributed by atoms with van der Waals surface area (Å²) >= 11 is 0. The van der Waals surface area contributed by atoms with Crippen molar-refractivity contribution in [2.24, 2.45) is 5.92 Å². The van der Waals surface area contributed by atoms with Crippen LogP contribution in [-0.4, -0.2) is 23.8 Å². The van der Waals surface area contributed by atoms with Crippen LogP contribution in [0, 0.1) is 5.92 Å². The summed E-state index contributed by atoms with van der Waals surface area (Å²) in [5.41, 5.74) is 0. The molecule has 2 N–H and O–H groups in total. The highest BCUT2D eigenvalue weighted by Crippen LogP contribution is 2.04. The Hall–Kier alpha value is -0.0800. The molecule has 0 saturated carbocycles. The van der Waals surface area contributed by atoms with Gasteiger partial charge in [0.05, 0.1) is 6.10 Å². The molecule has 13 heavy (non-hydrogen) atoms. The minimum absolute atomic E-state index is 0.152. The molecule has 0 aromatic rings. The van der Waals surface area contributed by atoms with E-state index < -0.39 is 0 Å². The van der Waals surface area contributed by atoms with Crippen molar-refractivity contribution < 1.29 is 5.11 Å². The monoisotopic (exact) mass is 187 g/mol. The third kappa shape index (κ3) is 7.03. The zero-order chi connectivity index (χ0) is 10.3. The Morgan fingerprint density at radius 1 is 1.15 bits per heavy atom. The van der Waals surface area contributed by atoms with E-state index >= 15 is 0 Å². The van der Waals surface area contributed by atoms with E-state index in [9.17, 15) is 5.11 Å². The Morgan fingerprint density at radius 2 is 1.77 bits per heavy atom. The lowest BCUT2D eigenvalue weighted by Crippen LogP contribution is -2.30. The summed E-state index contributed by atoms with van der Waals surface area (Å²) < 4.78 is 0. The summed E-state index contributed by atoms with van der Waals surface area (Å²) in [6, 6.07) is 0.587. The van der Waals surface area contributed by atoms with E-state index in [2.05, 4.69) is 33.0 Å². The fourth-order valence-corrected chi connectivity index (χ4v) is 1.35. The van der Waals surface area contributed by atoms with Crippen LogP contribution in [-0.2, 0) is 0 Å². The molecule has 0 fully saturated rings. The third-order valence-corrected chi connectivity index (χ3v) is 2.42. The lowest BCUT2D eigenvalue weighted by molar-refractivity contribution is 0.115. The van der Waals surface area contributed by atoms with Gasteiger partial charge in [0.2, 0.25) is 0 Å². The second kappa shape index (κ2) is 7.34. The predicted octanol–water partition coefficient (Wildman–Crippen LogP) is 2.17. The molecule has 0 aliphatic rings. The molecule has 2 nitrogen and oxygen atoms in total. The predicted molar refractivity (Wildman–Crippen MR) is 57.8 cm³/mol. The highest BCUT2D eigenvalue weighted by molar-refractivity contribution is 4.64. The van der Waals surface area contributed by atoms with Crippen LogP contribution >= 0.6 is 0 Å². The number of aliphatic hydroxyl groups is 1. The van der Waals surface area contributed by atoms with Gasteiger partial charge in [-0.2, -0.15) is 0 Å². The average Bonchev–Trinajstić information content (AvgIpc) is 2.04. The van der Waals surface area contributed by atoms with E-state index in [1.54, 1.807) is 0 Å². The second-order valence-electron chi connectivity index (χ2n) is 4.24. The summed E-state index contributed by atoms with van der Waals surface area (Å²) in [4.78, 5) is 0. The molecular formula is C11H25NO. The molecule has 0 heterocycles. The van der Waals surface area contributed by atoms with Crippen molar-refractivity contribution in [3.63, 3.8) is 0 Å². The molecule has 0 radical (unpaired) electrons. The zero-order valence-corrected chi connectivity index (χ0v) is 9.51. The largest absolute Gasteiger partial charge is 0.393 e. The first-order chi connectivity index (χ1) is 6.07. The van der Waals surface area contributed by atoms with Crippen LogP contribution in [0.1, 0.15) is 47.0 Å². The first kappa shape index (κ1) is 12.9. The first-order valence-corrected chi connectivity index (χ1v) is 5.49. The number of hydrogen-bond acceptors (Lipinski definition) is 2. The standard InChI is InChI=1S/C11H25NO/c1-5-6-10(4)12-8-7-11(13)9(2)3/h9-13H,5-8H2,1-4H3. The zero-order valence-electron chi connectivity index (χ0n) is 9.51. The van der Waals surface area contributed by atoms with E-state index in [0.717, 1.165) is 13.0 Å². The fraction of sp³-hybridized carbons (Fsp3) is 1.00. The molecule has 80 valence electrons. The maximum atomic E-state index is 9.53. The Morgan fingerprint density at radius 3 is 2.23 bits per heavy atom. The van der Waals surface area contributed by atoms with Gasteiger partial charge in [-0.1, -0.05) is 27.2 Å². The van der Waals surface area contributed by atoms with Crippen LogP contribution in [0.15, 0.2) is 0 Å². The Kier molecular flexibility index (Phi) is 7.29. The van der Waals surface area contributed by atoms with Crippen LogP contribution in [0.4, 0.5) is 0 Å². The average molecular weight is 187 g/mol. The van der Waals surface area contributed by atoms with Crippen LogP contribution in [0.2, 0.25) is 0 Å². The molecule has 0 amide bonds. The summed E-state index contributed by atoms with van der Waals surface area (Å²) in [6.45, 7) is 9.44. The molecule has 0 bridgehead atoms. The summed E-state index contributed by atoms with van der Waals surface area (Å²) in [6.07, 6.45) is 3.16. The lowest BCUT2D eigenvalue weighted by atomic mass is 10.0. The molecular weight excluding hydrogens is 162 g/mol. The van der Waals surface area contributed by atoms with Gasteiger partial charge in [0.1, 0.15) is 0 Å². The van der Waals surface area contributed by atoms with E-state index in [0.29, 0.717) is 12.0 Å². The van der Waals surface area contributed by atoms with Crippen LogP contribution < -0.4 is 5.32 Å². The van der Waals surface area contributed by atoms with Gasteiger partial charge in [-0.05, 0) is 32.2 Å². The van der Waals surface area contributed by atoms with Gasteiger partial charge >= 0.3 is 0 Å². The van der Waals surface area contributed by atoms with Gasteiger partial charge in [-0.3, -0.25) is 0 Å². The van der Waals surface area contributed by atoms with Crippen molar-refractivity contribution in [3.05, 3.63) is 0 Å². The Labute approximate surface area is 82.7 Å². The molecule has 0 aliphatic carbocycles. The third-order valence-electron chi connectivity index (χ3n) is 2.42. The summed E-state index contributed by atoms with van der Waals surface area (Å²) in [5, 5.41) is 12.9. The van der Waals surface area contributed by atoms with E-state index in [1.165, 1.54) is 12.8 Å². The molecule has 2 atom stereocenters. The van der Waals surface area contributed by atoms with Crippen molar-refractivity contribution >= 4 is 0 Å². The molecule has 2 unspecified atom stereocenters. The van der Waals surface area contributed by atoms with Crippen molar-refractivity contribution in [2.75, 3.05) is 6.54 Å². The van der Waals surface area contributed by atoms with Crippen LogP contribution in [0.25, 0.3) is 0 Å². The number of hydrogen-bond donors (Lipinski definition) is 2. The van der Waals surface area contributed by atoms with E-state index in [4.69, 9.17) is 0 Å². The van der Waals surface area contributed by atoms with E-state index in [1.807, 2.05) is 0 Å². The van der Waals surface area contributed by atoms with Crippen LogP contribution in [0.3, 0.4) is 0 Å². The van der Waals surface area contributed by atoms with Crippen molar-refractivity contribution in [1.29, 1.82) is 0 Å². The van der Waals surface area contributed by atoms with Gasteiger partial charge < -0.3 is 10.4 Å². The summed E-state index contributed by atoms with van der Waals surface area (Å²) in [7, 11) is 0. The van der Waals surface area contributed by atoms with Gasteiger partial charge in [0.15, 0.2) is 0 Å². The molecule has 0 rings (SSSR count). The maximum absolute atomic E-state index is 9.53. The molecule has 0 saturated heterocycles. The molecule has 0 aliphatic heterocycles. The fourth-order valence-electron chi connectivity index (χ4n) is 1.35. The normalized spacial score (nSPS) is 16.2. The first-order valence-electron chi connectivity index (χ1n) is 5.49. The van der Waals surface area contributed by atoms with Gasteiger partial charge in [-0.25, -0.2) is 0 Å². The highest BCUT2D eigenvalue weighted by atomic mass is 16.3. The number of rotatable bonds is 7. The smallest absolute Gasteiger partial charge is 0.0575 e. The minimum Gasteiger partial charge on any atom is -0.393 e. The van der Waals surface area contributed by atoms with Crippen molar-refractivity contribution in [3.8, 4) is 0 Å². The SMILES string of the molecule is CCCC(C)NCCC(O)C(C)C. The molecule has 0 aromatic heterocycles. The lowest BCUT2D eigenvalue weighted by Gasteiger charge is -2.17. The molecule has 2 heteroatoms. The number of nitrogens with one attached hydrogen (secondary N) is 1.